The maximum absolute atomic E-state index is 12.7. The molecule has 0 spiro atoms. The monoisotopic (exact) mass is 433 g/mol. The molecule has 0 atom stereocenters. The third-order valence-electron chi connectivity index (χ3n) is 4.63. The number of aromatic nitrogens is 3. The zero-order valence-electron chi connectivity index (χ0n) is 16.7. The maximum atomic E-state index is 12.7. The molecule has 0 aliphatic rings. The minimum absolute atomic E-state index is 0.0177. The van der Waals surface area contributed by atoms with Gasteiger partial charge >= 0.3 is 0 Å². The molecule has 1 N–H and O–H groups in total. The van der Waals surface area contributed by atoms with Crippen LogP contribution in [0.4, 0.5) is 8.78 Å². The number of aryl methyl sites for hydroxylation is 1. The molecule has 1 aromatic carbocycles. The number of nitriles is 1. The number of rotatable bonds is 7. The van der Waals surface area contributed by atoms with Crippen LogP contribution in [0.25, 0.3) is 22.4 Å². The molecule has 7 nitrogen and oxygen atoms in total. The summed E-state index contributed by atoms with van der Waals surface area (Å²) in [5, 5.41) is 10.6. The van der Waals surface area contributed by atoms with Crippen molar-refractivity contribution in [2.45, 2.75) is 37.8 Å². The number of hydrogen-bond acceptors (Lipinski definition) is 5. The largest absolute Gasteiger partial charge is 0.334 e. The summed E-state index contributed by atoms with van der Waals surface area (Å²) in [6.07, 6.45) is 2.12. The van der Waals surface area contributed by atoms with Crippen LogP contribution >= 0.6 is 0 Å². The predicted molar refractivity (Wildman–Crippen MR) is 109 cm³/mol. The van der Waals surface area contributed by atoms with Crippen molar-refractivity contribution in [1.82, 2.24) is 19.3 Å². The van der Waals surface area contributed by atoms with Gasteiger partial charge in [0, 0.05) is 11.4 Å². The third kappa shape index (κ3) is 3.91. The van der Waals surface area contributed by atoms with E-state index in [-0.39, 0.29) is 16.8 Å². The number of benzene rings is 1. The van der Waals surface area contributed by atoms with Crippen molar-refractivity contribution in [2.24, 2.45) is 0 Å². The van der Waals surface area contributed by atoms with Crippen molar-refractivity contribution in [3.63, 3.8) is 0 Å². The molecular weight excluding hydrogens is 412 g/mol. The molecule has 3 aromatic rings. The lowest BCUT2D eigenvalue weighted by Gasteiger charge is -2.15. The Morgan fingerprint density at radius 1 is 1.20 bits per heavy atom. The smallest absolute Gasteiger partial charge is 0.244 e. The van der Waals surface area contributed by atoms with E-state index in [4.69, 9.17) is 0 Å². The van der Waals surface area contributed by atoms with Crippen LogP contribution in [0.2, 0.25) is 0 Å². The molecule has 30 heavy (non-hydrogen) atoms. The summed E-state index contributed by atoms with van der Waals surface area (Å²) in [5.74, 6) is 0.181. The summed E-state index contributed by atoms with van der Waals surface area (Å²) in [6, 6.07) is 6.50. The van der Waals surface area contributed by atoms with Crippen LogP contribution < -0.4 is 4.72 Å². The fraction of sp³-hybridized carbons (Fsp3) is 0.350. The Balaban J connectivity index is 2.13. The van der Waals surface area contributed by atoms with E-state index in [9.17, 15) is 22.5 Å². The van der Waals surface area contributed by atoms with Gasteiger partial charge in [-0.3, -0.25) is 0 Å². The molecule has 0 radical (unpaired) electrons. The summed E-state index contributed by atoms with van der Waals surface area (Å²) in [6.45, 7) is 3.50. The summed E-state index contributed by atoms with van der Waals surface area (Å²) in [7, 11) is -4.18. The molecule has 0 fully saturated rings. The third-order valence-corrected chi connectivity index (χ3v) is 6.11. The van der Waals surface area contributed by atoms with E-state index in [0.717, 1.165) is 28.9 Å². The van der Waals surface area contributed by atoms with Gasteiger partial charge < -0.3 is 4.57 Å². The van der Waals surface area contributed by atoms with Gasteiger partial charge in [-0.15, -0.1) is 0 Å². The van der Waals surface area contributed by atoms with Gasteiger partial charge in [-0.05, 0) is 32.9 Å². The van der Waals surface area contributed by atoms with Gasteiger partial charge in [-0.1, -0.05) is 11.6 Å². The fourth-order valence-electron chi connectivity index (χ4n) is 3.27. The Morgan fingerprint density at radius 2 is 1.83 bits per heavy atom. The van der Waals surface area contributed by atoms with E-state index in [1.807, 2.05) is 48.3 Å². The number of nitrogens with one attached hydrogen (secondary N) is 1. The van der Waals surface area contributed by atoms with Crippen LogP contribution in [0, 0.1) is 18.3 Å². The lowest BCUT2D eigenvalue weighted by atomic mass is 10.1. The molecule has 0 amide bonds. The second kappa shape index (κ2) is 8.45. The standard InChI is InChI=1S/C20H21F2N5O2S/c1-12(2)27-18-5-4-13(3)6-16(18)17(9-23)19(27)20-24-10-15(11-25-20)30(28,29)26-14(7-21)8-22/h4-6,10-12,14,26H,7-8H2,1-3H3. The molecule has 2 aromatic heterocycles. The summed E-state index contributed by atoms with van der Waals surface area (Å²) >= 11 is 0. The Morgan fingerprint density at radius 3 is 2.37 bits per heavy atom. The topological polar surface area (TPSA) is 101 Å². The molecule has 0 unspecified atom stereocenters. The normalized spacial score (nSPS) is 12.1. The number of fused-ring (bicyclic) bond motifs is 1. The summed E-state index contributed by atoms with van der Waals surface area (Å²) < 4.78 is 53.8. The molecule has 10 heteroatoms. The lowest BCUT2D eigenvalue weighted by molar-refractivity contribution is 0.334. The fourth-order valence-corrected chi connectivity index (χ4v) is 4.35. The van der Waals surface area contributed by atoms with Gasteiger partial charge in [0.05, 0.1) is 29.5 Å². The minimum Gasteiger partial charge on any atom is -0.334 e. The molecule has 2 heterocycles. The Bertz CT molecular complexity index is 1210. The highest BCUT2D eigenvalue weighted by molar-refractivity contribution is 7.89. The number of halogens is 2. The summed E-state index contributed by atoms with van der Waals surface area (Å²) in [4.78, 5) is 7.99. The SMILES string of the molecule is Cc1ccc2c(c1)c(C#N)c(-c1ncc(S(=O)(=O)NC(CF)CF)cn1)n2C(C)C. The van der Waals surface area contributed by atoms with E-state index >= 15 is 0 Å². The molecule has 158 valence electrons. The van der Waals surface area contributed by atoms with E-state index in [1.165, 1.54) is 0 Å². The maximum Gasteiger partial charge on any atom is 0.244 e. The zero-order chi connectivity index (χ0) is 22.1. The Kier molecular flexibility index (Phi) is 6.14. The molecular formula is C20H21F2N5O2S. The molecule has 0 saturated carbocycles. The average Bonchev–Trinajstić information content (AvgIpc) is 3.05. The quantitative estimate of drug-likeness (QED) is 0.615. The van der Waals surface area contributed by atoms with Gasteiger partial charge in [-0.25, -0.2) is 31.9 Å². The van der Waals surface area contributed by atoms with Gasteiger partial charge in [0.1, 0.15) is 30.0 Å². The second-order valence-corrected chi connectivity index (χ2v) is 8.90. The van der Waals surface area contributed by atoms with Crippen LogP contribution in [0.5, 0.6) is 0 Å². The molecule has 0 bridgehead atoms. The molecule has 0 aliphatic heterocycles. The van der Waals surface area contributed by atoms with E-state index in [0.29, 0.717) is 11.3 Å². The average molecular weight is 433 g/mol. The first kappa shape index (κ1) is 21.8. The lowest BCUT2D eigenvalue weighted by Crippen LogP contribution is -2.38. The Hall–Kier alpha value is -2.90. The van der Waals surface area contributed by atoms with Crippen molar-refractivity contribution in [3.05, 3.63) is 41.7 Å². The van der Waals surface area contributed by atoms with Crippen LogP contribution in [-0.4, -0.2) is 42.3 Å². The second-order valence-electron chi connectivity index (χ2n) is 7.19. The van der Waals surface area contributed by atoms with Crippen LogP contribution in [0.15, 0.2) is 35.5 Å². The highest BCUT2D eigenvalue weighted by Gasteiger charge is 2.24. The van der Waals surface area contributed by atoms with Crippen LogP contribution in [-0.2, 0) is 10.0 Å². The van der Waals surface area contributed by atoms with E-state index < -0.39 is 29.4 Å². The first-order valence-corrected chi connectivity index (χ1v) is 10.7. The molecule has 3 rings (SSSR count). The van der Waals surface area contributed by atoms with Crippen molar-refractivity contribution in [1.29, 1.82) is 5.26 Å². The first-order chi connectivity index (χ1) is 14.2. The molecule has 0 aliphatic carbocycles. The van der Waals surface area contributed by atoms with Crippen molar-refractivity contribution in [3.8, 4) is 17.6 Å². The highest BCUT2D eigenvalue weighted by Crippen LogP contribution is 2.35. The van der Waals surface area contributed by atoms with Crippen LogP contribution in [0.1, 0.15) is 31.0 Å². The Labute approximate surface area is 173 Å². The number of alkyl halides is 2. The van der Waals surface area contributed by atoms with Crippen molar-refractivity contribution >= 4 is 20.9 Å². The van der Waals surface area contributed by atoms with Crippen molar-refractivity contribution in [2.75, 3.05) is 13.3 Å². The molecule has 0 saturated heterocycles. The van der Waals surface area contributed by atoms with Gasteiger partial charge in [-0.2, -0.15) is 5.26 Å². The van der Waals surface area contributed by atoms with E-state index in [2.05, 4.69) is 16.0 Å². The van der Waals surface area contributed by atoms with Gasteiger partial charge in [0.25, 0.3) is 0 Å². The van der Waals surface area contributed by atoms with Crippen molar-refractivity contribution < 1.29 is 17.2 Å². The number of hydrogen-bond donors (Lipinski definition) is 1. The summed E-state index contributed by atoms with van der Waals surface area (Å²) in [5.41, 5.74) is 2.72. The predicted octanol–water partition coefficient (Wildman–Crippen LogP) is 3.45. The minimum atomic E-state index is -4.18. The highest BCUT2D eigenvalue weighted by atomic mass is 32.2. The van der Waals surface area contributed by atoms with Crippen LogP contribution in [0.3, 0.4) is 0 Å². The van der Waals surface area contributed by atoms with Gasteiger partial charge in [0.15, 0.2) is 5.82 Å². The number of sulfonamides is 1. The zero-order valence-corrected chi connectivity index (χ0v) is 17.5. The first-order valence-electron chi connectivity index (χ1n) is 9.24. The van der Waals surface area contributed by atoms with E-state index in [1.54, 1.807) is 0 Å². The number of nitrogens with zero attached hydrogens (tertiary/aromatic N) is 4. The van der Waals surface area contributed by atoms with Gasteiger partial charge in [0.2, 0.25) is 10.0 Å².